The SMILES string of the molecule is Cc1cccc(N2CCN(C(=O)NCCOc3ccc4ncccc4c3)CC2)c1. The summed E-state index contributed by atoms with van der Waals surface area (Å²) in [6.07, 6.45) is 1.78. The number of pyridine rings is 1. The van der Waals surface area contributed by atoms with Crippen LogP contribution in [0.15, 0.2) is 60.8 Å². The van der Waals surface area contributed by atoms with Gasteiger partial charge in [0.15, 0.2) is 0 Å². The molecule has 150 valence electrons. The minimum atomic E-state index is -0.0276. The van der Waals surface area contributed by atoms with Crippen molar-refractivity contribution in [1.29, 1.82) is 0 Å². The van der Waals surface area contributed by atoms with Gasteiger partial charge in [0.2, 0.25) is 0 Å². The zero-order valence-corrected chi connectivity index (χ0v) is 16.7. The summed E-state index contributed by atoms with van der Waals surface area (Å²) < 4.78 is 5.77. The maximum Gasteiger partial charge on any atom is 0.317 e. The van der Waals surface area contributed by atoms with Crippen molar-refractivity contribution in [2.24, 2.45) is 0 Å². The molecule has 1 saturated heterocycles. The molecular formula is C23H26N4O2. The van der Waals surface area contributed by atoms with E-state index in [-0.39, 0.29) is 6.03 Å². The molecular weight excluding hydrogens is 364 g/mol. The fourth-order valence-corrected chi connectivity index (χ4v) is 3.57. The Hall–Kier alpha value is -3.28. The van der Waals surface area contributed by atoms with Crippen molar-refractivity contribution in [3.05, 3.63) is 66.4 Å². The Kier molecular flexibility index (Phi) is 5.79. The quantitative estimate of drug-likeness (QED) is 0.678. The molecule has 2 heterocycles. The highest BCUT2D eigenvalue weighted by molar-refractivity contribution is 5.79. The normalized spacial score (nSPS) is 14.1. The third-order valence-electron chi connectivity index (χ3n) is 5.16. The lowest BCUT2D eigenvalue weighted by molar-refractivity contribution is 0.191. The average molecular weight is 390 g/mol. The zero-order valence-electron chi connectivity index (χ0n) is 16.7. The predicted molar refractivity (Wildman–Crippen MR) is 116 cm³/mol. The molecule has 1 aliphatic rings. The number of aryl methyl sites for hydroxylation is 1. The van der Waals surface area contributed by atoms with Crippen molar-refractivity contribution in [3.63, 3.8) is 0 Å². The smallest absolute Gasteiger partial charge is 0.317 e. The number of fused-ring (bicyclic) bond motifs is 1. The highest BCUT2D eigenvalue weighted by Crippen LogP contribution is 2.19. The molecule has 0 unspecified atom stereocenters. The second kappa shape index (κ2) is 8.82. The Morgan fingerprint density at radius 1 is 1.07 bits per heavy atom. The van der Waals surface area contributed by atoms with E-state index < -0.39 is 0 Å². The number of hydrogen-bond donors (Lipinski definition) is 1. The minimum absolute atomic E-state index is 0.0276. The van der Waals surface area contributed by atoms with Gasteiger partial charge in [0, 0.05) is 43.4 Å². The first kappa shape index (κ1) is 19.1. The summed E-state index contributed by atoms with van der Waals surface area (Å²) in [5.41, 5.74) is 3.42. The number of piperazine rings is 1. The molecule has 0 aliphatic carbocycles. The lowest BCUT2D eigenvalue weighted by atomic mass is 10.2. The minimum Gasteiger partial charge on any atom is -0.492 e. The number of amides is 2. The van der Waals surface area contributed by atoms with E-state index in [1.54, 1.807) is 6.20 Å². The molecule has 0 spiro atoms. The van der Waals surface area contributed by atoms with Crippen LogP contribution in [0.1, 0.15) is 5.56 Å². The van der Waals surface area contributed by atoms with Crippen LogP contribution in [0.25, 0.3) is 10.9 Å². The molecule has 3 aromatic rings. The summed E-state index contributed by atoms with van der Waals surface area (Å²) in [4.78, 5) is 20.9. The fourth-order valence-electron chi connectivity index (χ4n) is 3.57. The number of urea groups is 1. The Balaban J connectivity index is 1.20. The Bertz CT molecular complexity index is 983. The number of nitrogens with zero attached hydrogens (tertiary/aromatic N) is 3. The molecule has 2 aromatic carbocycles. The van der Waals surface area contributed by atoms with Crippen LogP contribution < -0.4 is 15.0 Å². The van der Waals surface area contributed by atoms with Gasteiger partial charge in [-0.2, -0.15) is 0 Å². The van der Waals surface area contributed by atoms with Crippen LogP contribution >= 0.6 is 0 Å². The van der Waals surface area contributed by atoms with Crippen LogP contribution in [-0.2, 0) is 0 Å². The largest absolute Gasteiger partial charge is 0.492 e. The second-order valence-corrected chi connectivity index (χ2v) is 7.25. The third kappa shape index (κ3) is 4.77. The number of rotatable bonds is 5. The van der Waals surface area contributed by atoms with Crippen LogP contribution in [0.5, 0.6) is 5.75 Å². The molecule has 0 saturated carbocycles. The monoisotopic (exact) mass is 390 g/mol. The van der Waals surface area contributed by atoms with Gasteiger partial charge in [-0.05, 0) is 48.9 Å². The highest BCUT2D eigenvalue weighted by atomic mass is 16.5. The van der Waals surface area contributed by atoms with Crippen molar-refractivity contribution < 1.29 is 9.53 Å². The number of carbonyl (C=O) groups is 1. The number of ether oxygens (including phenoxy) is 1. The molecule has 4 rings (SSSR count). The number of aromatic nitrogens is 1. The summed E-state index contributed by atoms with van der Waals surface area (Å²) in [7, 11) is 0. The Labute approximate surface area is 171 Å². The maximum absolute atomic E-state index is 12.4. The molecule has 29 heavy (non-hydrogen) atoms. The molecule has 0 radical (unpaired) electrons. The van der Waals surface area contributed by atoms with Crippen LogP contribution in [-0.4, -0.2) is 55.2 Å². The molecule has 1 aliphatic heterocycles. The van der Waals surface area contributed by atoms with Crippen molar-refractivity contribution >= 4 is 22.6 Å². The van der Waals surface area contributed by atoms with Crippen molar-refractivity contribution in [1.82, 2.24) is 15.2 Å². The number of benzene rings is 2. The van der Waals surface area contributed by atoms with Gasteiger partial charge >= 0.3 is 6.03 Å². The van der Waals surface area contributed by atoms with E-state index in [0.717, 1.165) is 42.8 Å². The second-order valence-electron chi connectivity index (χ2n) is 7.25. The van der Waals surface area contributed by atoms with Crippen LogP contribution in [0, 0.1) is 6.92 Å². The highest BCUT2D eigenvalue weighted by Gasteiger charge is 2.21. The summed E-state index contributed by atoms with van der Waals surface area (Å²) in [6.45, 7) is 6.14. The first-order chi connectivity index (χ1) is 14.2. The van der Waals surface area contributed by atoms with E-state index in [9.17, 15) is 4.79 Å². The van der Waals surface area contributed by atoms with E-state index in [1.165, 1.54) is 11.3 Å². The molecule has 1 aromatic heterocycles. The topological polar surface area (TPSA) is 57.7 Å². The average Bonchev–Trinajstić information content (AvgIpc) is 2.76. The van der Waals surface area contributed by atoms with Gasteiger partial charge in [-0.1, -0.05) is 18.2 Å². The number of hydrogen-bond acceptors (Lipinski definition) is 4. The van der Waals surface area contributed by atoms with E-state index in [0.29, 0.717) is 13.2 Å². The fraction of sp³-hybridized carbons (Fsp3) is 0.304. The molecule has 1 N–H and O–H groups in total. The molecule has 0 bridgehead atoms. The molecule has 6 nitrogen and oxygen atoms in total. The van der Waals surface area contributed by atoms with Crippen LogP contribution in [0.2, 0.25) is 0 Å². The number of carbonyl (C=O) groups excluding carboxylic acids is 1. The zero-order chi connectivity index (χ0) is 20.1. The standard InChI is InChI=1S/C23H26N4O2/c1-18-4-2-6-20(16-18)26-11-13-27(14-12-26)23(28)25-10-15-29-21-7-8-22-19(17-21)5-3-9-24-22/h2-9,16-17H,10-15H2,1H3,(H,25,28). The lowest BCUT2D eigenvalue weighted by Crippen LogP contribution is -2.52. The van der Waals surface area contributed by atoms with Gasteiger partial charge in [-0.3, -0.25) is 4.98 Å². The third-order valence-corrected chi connectivity index (χ3v) is 5.16. The van der Waals surface area contributed by atoms with Crippen LogP contribution in [0.4, 0.5) is 10.5 Å². The molecule has 0 atom stereocenters. The first-order valence-corrected chi connectivity index (χ1v) is 10.0. The van der Waals surface area contributed by atoms with Gasteiger partial charge in [-0.15, -0.1) is 0 Å². The number of anilines is 1. The summed E-state index contributed by atoms with van der Waals surface area (Å²) in [5.74, 6) is 0.784. The summed E-state index contributed by atoms with van der Waals surface area (Å²) >= 11 is 0. The van der Waals surface area contributed by atoms with Gasteiger partial charge in [-0.25, -0.2) is 4.79 Å². The first-order valence-electron chi connectivity index (χ1n) is 10.0. The van der Waals surface area contributed by atoms with Gasteiger partial charge in [0.1, 0.15) is 12.4 Å². The van der Waals surface area contributed by atoms with E-state index in [2.05, 4.69) is 46.4 Å². The number of nitrogens with one attached hydrogen (secondary N) is 1. The van der Waals surface area contributed by atoms with Crippen molar-refractivity contribution in [2.75, 3.05) is 44.2 Å². The Morgan fingerprint density at radius 3 is 2.76 bits per heavy atom. The van der Waals surface area contributed by atoms with Gasteiger partial charge in [0.05, 0.1) is 12.1 Å². The van der Waals surface area contributed by atoms with Crippen LogP contribution in [0.3, 0.4) is 0 Å². The maximum atomic E-state index is 12.4. The summed E-state index contributed by atoms with van der Waals surface area (Å²) in [5, 5.41) is 4.00. The van der Waals surface area contributed by atoms with Gasteiger partial charge < -0.3 is 19.9 Å². The molecule has 2 amide bonds. The van der Waals surface area contributed by atoms with Gasteiger partial charge in [0.25, 0.3) is 0 Å². The summed E-state index contributed by atoms with van der Waals surface area (Å²) in [6, 6.07) is 18.2. The molecule has 1 fully saturated rings. The lowest BCUT2D eigenvalue weighted by Gasteiger charge is -2.36. The van der Waals surface area contributed by atoms with E-state index >= 15 is 0 Å². The van der Waals surface area contributed by atoms with E-state index in [4.69, 9.17) is 4.74 Å². The van der Waals surface area contributed by atoms with Crippen molar-refractivity contribution in [3.8, 4) is 5.75 Å². The van der Waals surface area contributed by atoms with E-state index in [1.807, 2.05) is 35.2 Å². The Morgan fingerprint density at radius 2 is 1.93 bits per heavy atom. The molecule has 6 heteroatoms. The predicted octanol–water partition coefficient (Wildman–Crippen LogP) is 3.45. The van der Waals surface area contributed by atoms with Crippen molar-refractivity contribution in [2.45, 2.75) is 6.92 Å².